The van der Waals surface area contributed by atoms with E-state index in [1.54, 1.807) is 18.2 Å². The molecule has 0 aliphatic heterocycles. The highest BCUT2D eigenvalue weighted by atomic mass is 19.1. The van der Waals surface area contributed by atoms with Gasteiger partial charge >= 0.3 is 0 Å². The molecule has 22 heavy (non-hydrogen) atoms. The second-order valence-electron chi connectivity index (χ2n) is 5.87. The zero-order chi connectivity index (χ0) is 16.3. The minimum atomic E-state index is -0.399. The third-order valence-electron chi connectivity index (χ3n) is 3.66. The summed E-state index contributed by atoms with van der Waals surface area (Å²) in [6.45, 7) is 5.96. The number of hydrogen-bond acceptors (Lipinski definition) is 2. The van der Waals surface area contributed by atoms with Crippen molar-refractivity contribution >= 4 is 0 Å². The molecule has 2 aromatic carbocycles. The number of allylic oxidation sites excluding steroid dienone is 2. The zero-order valence-electron chi connectivity index (χ0n) is 13.1. The van der Waals surface area contributed by atoms with Crippen molar-refractivity contribution in [3.63, 3.8) is 0 Å². The molecule has 0 amide bonds. The van der Waals surface area contributed by atoms with Crippen LogP contribution in [0.5, 0.6) is 11.5 Å². The highest BCUT2D eigenvalue weighted by molar-refractivity contribution is 5.40. The van der Waals surface area contributed by atoms with Crippen molar-refractivity contribution in [3.05, 3.63) is 70.6 Å². The molecule has 0 radical (unpaired) electrons. The van der Waals surface area contributed by atoms with Crippen molar-refractivity contribution in [2.45, 2.75) is 33.1 Å². The van der Waals surface area contributed by atoms with Crippen LogP contribution in [0.25, 0.3) is 0 Å². The molecular formula is C19H21FO2. The van der Waals surface area contributed by atoms with E-state index in [-0.39, 0.29) is 17.4 Å². The van der Waals surface area contributed by atoms with Gasteiger partial charge in [0.15, 0.2) is 0 Å². The van der Waals surface area contributed by atoms with Gasteiger partial charge in [0.1, 0.15) is 17.3 Å². The fourth-order valence-corrected chi connectivity index (χ4v) is 2.68. The summed E-state index contributed by atoms with van der Waals surface area (Å²) in [7, 11) is 0. The van der Waals surface area contributed by atoms with Crippen LogP contribution in [0, 0.1) is 12.7 Å². The van der Waals surface area contributed by atoms with Gasteiger partial charge in [-0.15, -0.1) is 0 Å². The second kappa shape index (κ2) is 6.65. The Bertz CT molecular complexity index is 701. The van der Waals surface area contributed by atoms with E-state index in [1.165, 1.54) is 6.07 Å². The first-order valence-corrected chi connectivity index (χ1v) is 7.28. The predicted octanol–water partition coefficient (Wildman–Crippen LogP) is 4.84. The molecular weight excluding hydrogens is 279 g/mol. The molecule has 0 heterocycles. The van der Waals surface area contributed by atoms with Gasteiger partial charge in [0.2, 0.25) is 0 Å². The Balaban J connectivity index is 2.40. The molecule has 1 atom stereocenters. The van der Waals surface area contributed by atoms with Gasteiger partial charge in [-0.3, -0.25) is 0 Å². The smallest absolute Gasteiger partial charge is 0.130 e. The molecule has 1 unspecified atom stereocenters. The zero-order valence-corrected chi connectivity index (χ0v) is 13.1. The molecule has 3 heteroatoms. The van der Waals surface area contributed by atoms with Gasteiger partial charge < -0.3 is 10.2 Å². The molecule has 0 aliphatic rings. The number of hydrogen-bond donors (Lipinski definition) is 2. The Morgan fingerprint density at radius 3 is 2.32 bits per heavy atom. The van der Waals surface area contributed by atoms with Gasteiger partial charge in [-0.2, -0.15) is 0 Å². The number of rotatable bonds is 4. The van der Waals surface area contributed by atoms with E-state index < -0.39 is 5.82 Å². The van der Waals surface area contributed by atoms with Crippen molar-refractivity contribution in [3.8, 4) is 11.5 Å². The Labute approximate surface area is 130 Å². The van der Waals surface area contributed by atoms with Crippen LogP contribution in [0.2, 0.25) is 0 Å². The van der Waals surface area contributed by atoms with Crippen molar-refractivity contribution in [2.24, 2.45) is 0 Å². The molecule has 2 nitrogen and oxygen atoms in total. The quantitative estimate of drug-likeness (QED) is 0.793. The van der Waals surface area contributed by atoms with Gasteiger partial charge in [-0.1, -0.05) is 23.8 Å². The van der Waals surface area contributed by atoms with Crippen molar-refractivity contribution < 1.29 is 14.6 Å². The minimum absolute atomic E-state index is 0.0182. The molecule has 0 spiro atoms. The number of halogens is 1. The third kappa shape index (κ3) is 3.88. The van der Waals surface area contributed by atoms with Gasteiger partial charge in [0, 0.05) is 12.0 Å². The Kier molecular flexibility index (Phi) is 4.86. The summed E-state index contributed by atoms with van der Waals surface area (Å²) in [5.41, 5.74) is 3.75. The Morgan fingerprint density at radius 1 is 1.09 bits per heavy atom. The van der Waals surface area contributed by atoms with Crippen LogP contribution in [-0.4, -0.2) is 10.2 Å². The van der Waals surface area contributed by atoms with E-state index in [4.69, 9.17) is 0 Å². The first-order valence-electron chi connectivity index (χ1n) is 7.28. The predicted molar refractivity (Wildman–Crippen MR) is 86.8 cm³/mol. The van der Waals surface area contributed by atoms with Crippen molar-refractivity contribution in [2.75, 3.05) is 0 Å². The summed E-state index contributed by atoms with van der Waals surface area (Å²) in [4.78, 5) is 0. The van der Waals surface area contributed by atoms with Crippen LogP contribution in [0.3, 0.4) is 0 Å². The van der Waals surface area contributed by atoms with Gasteiger partial charge in [-0.05, 0) is 62.1 Å². The monoisotopic (exact) mass is 300 g/mol. The van der Waals surface area contributed by atoms with E-state index in [1.807, 2.05) is 26.8 Å². The molecule has 116 valence electrons. The highest BCUT2D eigenvalue weighted by Crippen LogP contribution is 2.30. The van der Waals surface area contributed by atoms with Crippen molar-refractivity contribution in [1.29, 1.82) is 0 Å². The fraction of sp³-hybridized carbons (Fsp3) is 0.263. The van der Waals surface area contributed by atoms with Crippen LogP contribution < -0.4 is 0 Å². The topological polar surface area (TPSA) is 40.5 Å². The molecule has 0 bridgehead atoms. The lowest BCUT2D eigenvalue weighted by molar-refractivity contribution is 0.467. The summed E-state index contributed by atoms with van der Waals surface area (Å²) in [5.74, 6) is -0.220. The SMILES string of the molecule is CC(C)=CC(Cc1ccc(O)cc1F)c1ccc(O)cc1C. The summed E-state index contributed by atoms with van der Waals surface area (Å²) >= 11 is 0. The second-order valence-corrected chi connectivity index (χ2v) is 5.87. The average Bonchev–Trinajstić information content (AvgIpc) is 2.40. The van der Waals surface area contributed by atoms with E-state index in [2.05, 4.69) is 6.08 Å². The molecule has 2 rings (SSSR count). The standard InChI is InChI=1S/C19H21FO2/c1-12(2)8-15(18-7-6-16(21)9-13(18)3)10-14-4-5-17(22)11-19(14)20/h4-9,11,15,21-22H,10H2,1-3H3. The maximum absolute atomic E-state index is 14.0. The lowest BCUT2D eigenvalue weighted by Crippen LogP contribution is -2.04. The molecule has 2 aromatic rings. The van der Waals surface area contributed by atoms with Crippen LogP contribution >= 0.6 is 0 Å². The van der Waals surface area contributed by atoms with Gasteiger partial charge in [0.05, 0.1) is 0 Å². The normalized spacial score (nSPS) is 12.0. The van der Waals surface area contributed by atoms with Crippen molar-refractivity contribution in [1.82, 2.24) is 0 Å². The van der Waals surface area contributed by atoms with Gasteiger partial charge in [0.25, 0.3) is 0 Å². The Morgan fingerprint density at radius 2 is 1.73 bits per heavy atom. The lowest BCUT2D eigenvalue weighted by Gasteiger charge is -2.18. The molecule has 0 aliphatic carbocycles. The summed E-state index contributed by atoms with van der Waals surface area (Å²) in [6, 6.07) is 9.51. The third-order valence-corrected chi connectivity index (χ3v) is 3.66. The minimum Gasteiger partial charge on any atom is -0.508 e. The van der Waals surface area contributed by atoms with Crippen LogP contribution in [0.15, 0.2) is 48.0 Å². The lowest BCUT2D eigenvalue weighted by atomic mass is 9.87. The largest absolute Gasteiger partial charge is 0.508 e. The first kappa shape index (κ1) is 16.1. The Hall–Kier alpha value is -2.29. The number of aromatic hydroxyl groups is 2. The van der Waals surface area contributed by atoms with E-state index in [0.717, 1.165) is 22.8 Å². The van der Waals surface area contributed by atoms with Crippen LogP contribution in [-0.2, 0) is 6.42 Å². The molecule has 0 saturated carbocycles. The number of aryl methyl sites for hydroxylation is 1. The van der Waals surface area contributed by atoms with Crippen LogP contribution in [0.1, 0.15) is 36.5 Å². The van der Waals surface area contributed by atoms with Crippen LogP contribution in [0.4, 0.5) is 4.39 Å². The van der Waals surface area contributed by atoms with E-state index in [9.17, 15) is 14.6 Å². The number of phenolic OH excluding ortho intramolecular Hbond substituents is 2. The summed E-state index contributed by atoms with van der Waals surface area (Å²) in [6.07, 6.45) is 2.61. The van der Waals surface area contributed by atoms with E-state index >= 15 is 0 Å². The number of benzene rings is 2. The molecule has 0 fully saturated rings. The first-order chi connectivity index (χ1) is 10.4. The fourth-order valence-electron chi connectivity index (χ4n) is 2.68. The molecule has 2 N–H and O–H groups in total. The highest BCUT2D eigenvalue weighted by Gasteiger charge is 2.15. The van der Waals surface area contributed by atoms with E-state index in [0.29, 0.717) is 12.0 Å². The maximum Gasteiger partial charge on any atom is 0.130 e. The molecule has 0 saturated heterocycles. The number of phenols is 2. The molecule has 0 aromatic heterocycles. The van der Waals surface area contributed by atoms with Gasteiger partial charge in [-0.25, -0.2) is 4.39 Å². The summed E-state index contributed by atoms with van der Waals surface area (Å²) < 4.78 is 14.0. The maximum atomic E-state index is 14.0. The summed E-state index contributed by atoms with van der Waals surface area (Å²) in [5, 5.41) is 18.9. The average molecular weight is 300 g/mol.